The van der Waals surface area contributed by atoms with Gasteiger partial charge >= 0.3 is 0 Å². The zero-order chi connectivity index (χ0) is 10.6. The molecule has 86 valence electrons. The fourth-order valence-electron chi connectivity index (χ4n) is 4.53. The summed E-state index contributed by atoms with van der Waals surface area (Å²) in [5.74, 6) is 3.14. The maximum atomic E-state index is 10.1. The third-order valence-electron chi connectivity index (χ3n) is 5.20. The molecule has 2 heteroatoms. The molecule has 15 heavy (non-hydrogen) atoms. The standard InChI is InChI=1S/C13H23NO/c1-8-3-9-6-13(15)10-5-11(9)12(4-8)14(2)7-10/h8-13,15H,3-7H2,1-2H3. The smallest absolute Gasteiger partial charge is 0.0583 e. The molecule has 0 spiro atoms. The van der Waals surface area contributed by atoms with Crippen LogP contribution in [0.25, 0.3) is 0 Å². The molecule has 0 aromatic heterocycles. The van der Waals surface area contributed by atoms with Crippen LogP contribution in [-0.4, -0.2) is 35.7 Å². The second kappa shape index (κ2) is 3.46. The minimum Gasteiger partial charge on any atom is -0.393 e. The molecule has 2 aliphatic carbocycles. The van der Waals surface area contributed by atoms with Crippen molar-refractivity contribution in [2.75, 3.05) is 13.6 Å². The van der Waals surface area contributed by atoms with E-state index in [9.17, 15) is 5.11 Å². The summed E-state index contributed by atoms with van der Waals surface area (Å²) in [4.78, 5) is 2.53. The van der Waals surface area contributed by atoms with E-state index in [-0.39, 0.29) is 6.10 Å². The van der Waals surface area contributed by atoms with Crippen molar-refractivity contribution in [2.24, 2.45) is 23.7 Å². The van der Waals surface area contributed by atoms with Gasteiger partial charge in [-0.2, -0.15) is 0 Å². The molecule has 0 aromatic rings. The van der Waals surface area contributed by atoms with E-state index in [1.807, 2.05) is 0 Å². The number of aliphatic hydroxyl groups excluding tert-OH is 1. The van der Waals surface area contributed by atoms with Gasteiger partial charge in [0, 0.05) is 12.6 Å². The molecule has 2 saturated carbocycles. The first-order valence-corrected chi connectivity index (χ1v) is 6.53. The van der Waals surface area contributed by atoms with Crippen LogP contribution in [0.1, 0.15) is 32.6 Å². The van der Waals surface area contributed by atoms with Crippen LogP contribution in [0.2, 0.25) is 0 Å². The largest absolute Gasteiger partial charge is 0.393 e. The van der Waals surface area contributed by atoms with Crippen LogP contribution in [0.5, 0.6) is 0 Å². The quantitative estimate of drug-likeness (QED) is 0.657. The van der Waals surface area contributed by atoms with Gasteiger partial charge in [0.2, 0.25) is 0 Å². The lowest BCUT2D eigenvalue weighted by atomic mass is 9.59. The Morgan fingerprint density at radius 3 is 2.67 bits per heavy atom. The summed E-state index contributed by atoms with van der Waals surface area (Å²) in [6.45, 7) is 3.51. The number of fused-ring (bicyclic) bond motifs is 1. The second-order valence-electron chi connectivity index (χ2n) is 6.31. The van der Waals surface area contributed by atoms with Crippen LogP contribution in [-0.2, 0) is 0 Å². The predicted octanol–water partition coefficient (Wildman–Crippen LogP) is 1.73. The number of piperidine rings is 1. The third-order valence-corrected chi connectivity index (χ3v) is 5.20. The van der Waals surface area contributed by atoms with Crippen LogP contribution in [0.4, 0.5) is 0 Å². The van der Waals surface area contributed by atoms with Gasteiger partial charge in [-0.25, -0.2) is 0 Å². The molecular formula is C13H23NO. The fourth-order valence-corrected chi connectivity index (χ4v) is 4.53. The zero-order valence-electron chi connectivity index (χ0n) is 9.89. The van der Waals surface area contributed by atoms with Crippen molar-refractivity contribution in [3.8, 4) is 0 Å². The van der Waals surface area contributed by atoms with Gasteiger partial charge in [-0.1, -0.05) is 6.92 Å². The molecule has 6 atom stereocenters. The summed E-state index contributed by atoms with van der Waals surface area (Å²) in [5, 5.41) is 10.1. The van der Waals surface area contributed by atoms with E-state index in [1.54, 1.807) is 0 Å². The molecule has 1 N–H and O–H groups in total. The highest BCUT2D eigenvalue weighted by molar-refractivity contribution is 5.00. The van der Waals surface area contributed by atoms with Gasteiger partial charge in [0.25, 0.3) is 0 Å². The van der Waals surface area contributed by atoms with Gasteiger partial charge in [-0.05, 0) is 56.4 Å². The van der Waals surface area contributed by atoms with E-state index in [0.717, 1.165) is 36.8 Å². The van der Waals surface area contributed by atoms with E-state index in [4.69, 9.17) is 0 Å². The molecule has 0 amide bonds. The van der Waals surface area contributed by atoms with E-state index in [2.05, 4.69) is 18.9 Å². The molecule has 2 nitrogen and oxygen atoms in total. The van der Waals surface area contributed by atoms with E-state index < -0.39 is 0 Å². The van der Waals surface area contributed by atoms with E-state index in [1.165, 1.54) is 19.3 Å². The molecule has 0 aromatic carbocycles. The zero-order valence-corrected chi connectivity index (χ0v) is 9.89. The highest BCUT2D eigenvalue weighted by Gasteiger charge is 2.48. The third kappa shape index (κ3) is 1.53. The Labute approximate surface area is 92.7 Å². The Bertz CT molecular complexity index is 255. The van der Waals surface area contributed by atoms with Gasteiger partial charge in [-0.15, -0.1) is 0 Å². The molecule has 2 bridgehead atoms. The van der Waals surface area contributed by atoms with Gasteiger partial charge in [0.1, 0.15) is 0 Å². The maximum absolute atomic E-state index is 10.1. The Balaban J connectivity index is 1.87. The van der Waals surface area contributed by atoms with Crippen LogP contribution in [0, 0.1) is 23.7 Å². The van der Waals surface area contributed by atoms with Crippen molar-refractivity contribution >= 4 is 0 Å². The number of hydrogen-bond donors (Lipinski definition) is 1. The number of hydrogen-bond acceptors (Lipinski definition) is 2. The number of likely N-dealkylation sites (tertiary alicyclic amines) is 1. The van der Waals surface area contributed by atoms with E-state index in [0.29, 0.717) is 5.92 Å². The normalized spacial score (nSPS) is 55.4. The first-order valence-electron chi connectivity index (χ1n) is 6.53. The molecule has 1 saturated heterocycles. The molecule has 1 heterocycles. The van der Waals surface area contributed by atoms with Gasteiger partial charge < -0.3 is 10.0 Å². The van der Waals surface area contributed by atoms with E-state index >= 15 is 0 Å². The average molecular weight is 209 g/mol. The molecule has 3 rings (SSSR count). The van der Waals surface area contributed by atoms with Crippen molar-refractivity contribution in [1.29, 1.82) is 0 Å². The lowest BCUT2D eigenvalue weighted by Gasteiger charge is -2.55. The number of nitrogens with zero attached hydrogens (tertiary/aromatic N) is 1. The highest BCUT2D eigenvalue weighted by Crippen LogP contribution is 2.49. The summed E-state index contributed by atoms with van der Waals surface area (Å²) in [5.41, 5.74) is 0. The molecular weight excluding hydrogens is 186 g/mol. The van der Waals surface area contributed by atoms with Gasteiger partial charge in [-0.3, -0.25) is 0 Å². The first kappa shape index (κ1) is 10.1. The Morgan fingerprint density at radius 1 is 1.07 bits per heavy atom. The monoisotopic (exact) mass is 209 g/mol. The molecule has 3 fully saturated rings. The topological polar surface area (TPSA) is 23.5 Å². The van der Waals surface area contributed by atoms with Crippen LogP contribution < -0.4 is 0 Å². The minimum atomic E-state index is -0.0139. The Hall–Kier alpha value is -0.0800. The lowest BCUT2D eigenvalue weighted by Crippen LogP contribution is -2.57. The van der Waals surface area contributed by atoms with Crippen molar-refractivity contribution in [3.63, 3.8) is 0 Å². The maximum Gasteiger partial charge on any atom is 0.0583 e. The average Bonchev–Trinajstić information content (AvgIpc) is 2.18. The van der Waals surface area contributed by atoms with Crippen molar-refractivity contribution in [2.45, 2.75) is 44.8 Å². The Morgan fingerprint density at radius 2 is 1.87 bits per heavy atom. The molecule has 6 unspecified atom stereocenters. The highest BCUT2D eigenvalue weighted by atomic mass is 16.3. The summed E-state index contributed by atoms with van der Waals surface area (Å²) < 4.78 is 0. The van der Waals surface area contributed by atoms with Gasteiger partial charge in [0.05, 0.1) is 6.10 Å². The predicted molar refractivity (Wildman–Crippen MR) is 60.5 cm³/mol. The van der Waals surface area contributed by atoms with Gasteiger partial charge in [0.15, 0.2) is 0 Å². The molecule has 0 radical (unpaired) electrons. The van der Waals surface area contributed by atoms with Crippen molar-refractivity contribution in [1.82, 2.24) is 4.90 Å². The summed E-state index contributed by atoms with van der Waals surface area (Å²) in [7, 11) is 2.26. The fraction of sp³-hybridized carbons (Fsp3) is 1.00. The van der Waals surface area contributed by atoms with Crippen LogP contribution >= 0.6 is 0 Å². The Kier molecular flexibility index (Phi) is 2.33. The van der Waals surface area contributed by atoms with Crippen LogP contribution in [0.15, 0.2) is 0 Å². The SMILES string of the molecule is CC1CC2CC(O)C3CC2C(C1)N(C)C3. The summed E-state index contributed by atoms with van der Waals surface area (Å²) in [6, 6.07) is 0.822. The van der Waals surface area contributed by atoms with Crippen molar-refractivity contribution in [3.05, 3.63) is 0 Å². The van der Waals surface area contributed by atoms with Crippen molar-refractivity contribution < 1.29 is 5.11 Å². The molecule has 1 aliphatic heterocycles. The number of rotatable bonds is 0. The number of aliphatic hydroxyl groups is 1. The summed E-state index contributed by atoms with van der Waals surface area (Å²) in [6.07, 6.45) is 5.12. The molecule has 3 aliphatic rings. The van der Waals surface area contributed by atoms with Crippen LogP contribution in [0.3, 0.4) is 0 Å². The second-order valence-corrected chi connectivity index (χ2v) is 6.31. The minimum absolute atomic E-state index is 0.0139. The lowest BCUT2D eigenvalue weighted by molar-refractivity contribution is -0.0933. The summed E-state index contributed by atoms with van der Waals surface area (Å²) >= 11 is 0. The first-order chi connectivity index (χ1) is 7.15.